The molecule has 0 aromatic heterocycles. The summed E-state index contributed by atoms with van der Waals surface area (Å²) in [5.41, 5.74) is -2.14. The first-order valence-electron chi connectivity index (χ1n) is 5.55. The maximum absolute atomic E-state index is 13.6. The van der Waals surface area contributed by atoms with Crippen molar-refractivity contribution in [3.05, 3.63) is 35.1 Å². The molecule has 0 saturated heterocycles. The van der Waals surface area contributed by atoms with Gasteiger partial charge in [0.2, 0.25) is 0 Å². The first kappa shape index (κ1) is 15.4. The average Bonchev–Trinajstić information content (AvgIpc) is 2.26. The van der Waals surface area contributed by atoms with E-state index in [0.29, 0.717) is 6.07 Å². The Balaban J connectivity index is 2.87. The Morgan fingerprint density at radius 1 is 1.42 bits per heavy atom. The second-order valence-electron chi connectivity index (χ2n) is 4.06. The lowest BCUT2D eigenvalue weighted by Gasteiger charge is -2.11. The molecular formula is C12H13F4NO2. The lowest BCUT2D eigenvalue weighted by Crippen LogP contribution is -2.28. The van der Waals surface area contributed by atoms with Crippen LogP contribution in [-0.4, -0.2) is 23.7 Å². The van der Waals surface area contributed by atoms with Crippen molar-refractivity contribution < 1.29 is 27.5 Å². The predicted octanol–water partition coefficient (Wildman–Crippen LogP) is 2.35. The Hall–Kier alpha value is -1.63. The van der Waals surface area contributed by atoms with Crippen molar-refractivity contribution in [2.45, 2.75) is 25.6 Å². The van der Waals surface area contributed by atoms with E-state index < -0.39 is 35.1 Å². The molecule has 1 amide bonds. The molecule has 1 aromatic carbocycles. The Kier molecular flexibility index (Phi) is 4.88. The van der Waals surface area contributed by atoms with Crippen LogP contribution in [0.25, 0.3) is 0 Å². The van der Waals surface area contributed by atoms with Crippen molar-refractivity contribution in [3.63, 3.8) is 0 Å². The van der Waals surface area contributed by atoms with E-state index >= 15 is 0 Å². The summed E-state index contributed by atoms with van der Waals surface area (Å²) in [4.78, 5) is 11.5. The van der Waals surface area contributed by atoms with Gasteiger partial charge in [-0.15, -0.1) is 0 Å². The van der Waals surface area contributed by atoms with Crippen LogP contribution in [0, 0.1) is 5.82 Å². The number of hydrogen-bond acceptors (Lipinski definition) is 2. The topological polar surface area (TPSA) is 49.3 Å². The number of aliphatic hydroxyl groups excluding tert-OH is 1. The summed E-state index contributed by atoms with van der Waals surface area (Å²) in [5, 5.41) is 11.2. The summed E-state index contributed by atoms with van der Waals surface area (Å²) in [6.45, 7) is 1.54. The zero-order valence-corrected chi connectivity index (χ0v) is 10.1. The molecule has 106 valence electrons. The lowest BCUT2D eigenvalue weighted by molar-refractivity contribution is -0.140. The highest BCUT2D eigenvalue weighted by molar-refractivity contribution is 5.94. The highest BCUT2D eigenvalue weighted by Gasteiger charge is 2.35. The number of amides is 1. The predicted molar refractivity (Wildman–Crippen MR) is 60.0 cm³/mol. The number of nitrogens with one attached hydrogen (secondary N) is 1. The van der Waals surface area contributed by atoms with E-state index in [2.05, 4.69) is 5.32 Å². The third-order valence-corrected chi connectivity index (χ3v) is 2.40. The van der Waals surface area contributed by atoms with Crippen molar-refractivity contribution in [1.82, 2.24) is 5.32 Å². The molecule has 0 aliphatic heterocycles. The Morgan fingerprint density at radius 3 is 2.58 bits per heavy atom. The van der Waals surface area contributed by atoms with Gasteiger partial charge in [-0.3, -0.25) is 4.79 Å². The summed E-state index contributed by atoms with van der Waals surface area (Å²) in [6, 6.07) is 2.51. The molecule has 2 N–H and O–H groups in total. The van der Waals surface area contributed by atoms with Gasteiger partial charge >= 0.3 is 6.18 Å². The van der Waals surface area contributed by atoms with Crippen molar-refractivity contribution in [2.75, 3.05) is 6.54 Å². The van der Waals surface area contributed by atoms with Crippen molar-refractivity contribution in [3.8, 4) is 0 Å². The molecule has 3 nitrogen and oxygen atoms in total. The van der Waals surface area contributed by atoms with Crippen LogP contribution < -0.4 is 5.32 Å². The molecule has 0 heterocycles. The number of carbonyl (C=O) groups excluding carboxylic acids is 1. The van der Waals surface area contributed by atoms with Gasteiger partial charge in [0.05, 0.1) is 17.2 Å². The largest absolute Gasteiger partial charge is 0.419 e. The van der Waals surface area contributed by atoms with E-state index in [1.54, 1.807) is 0 Å². The van der Waals surface area contributed by atoms with Gasteiger partial charge in [0.25, 0.3) is 5.91 Å². The number of alkyl halides is 3. The summed E-state index contributed by atoms with van der Waals surface area (Å²) < 4.78 is 50.9. The molecule has 1 unspecified atom stereocenters. The van der Waals surface area contributed by atoms with E-state index in [-0.39, 0.29) is 13.0 Å². The fourth-order valence-electron chi connectivity index (χ4n) is 1.42. The van der Waals surface area contributed by atoms with Gasteiger partial charge in [-0.1, -0.05) is 6.07 Å². The minimum absolute atomic E-state index is 0.0478. The molecule has 1 aromatic rings. The summed E-state index contributed by atoms with van der Waals surface area (Å²) >= 11 is 0. The second kappa shape index (κ2) is 6.01. The fourth-order valence-corrected chi connectivity index (χ4v) is 1.42. The van der Waals surface area contributed by atoms with Crippen molar-refractivity contribution in [2.24, 2.45) is 0 Å². The second-order valence-corrected chi connectivity index (χ2v) is 4.06. The van der Waals surface area contributed by atoms with E-state index in [1.165, 1.54) is 6.92 Å². The monoisotopic (exact) mass is 279 g/mol. The third-order valence-electron chi connectivity index (χ3n) is 2.40. The molecule has 1 atom stereocenters. The van der Waals surface area contributed by atoms with Crippen LogP contribution in [0.2, 0.25) is 0 Å². The van der Waals surface area contributed by atoms with E-state index in [4.69, 9.17) is 5.11 Å². The summed E-state index contributed by atoms with van der Waals surface area (Å²) in [5.74, 6) is -2.53. The molecule has 19 heavy (non-hydrogen) atoms. The van der Waals surface area contributed by atoms with Crippen LogP contribution in [0.15, 0.2) is 18.2 Å². The van der Waals surface area contributed by atoms with E-state index in [9.17, 15) is 22.4 Å². The number of aliphatic hydroxyl groups is 1. The fraction of sp³-hybridized carbons (Fsp3) is 0.417. The van der Waals surface area contributed by atoms with Crippen LogP contribution in [-0.2, 0) is 6.18 Å². The molecule has 0 radical (unpaired) electrons. The van der Waals surface area contributed by atoms with Gasteiger partial charge in [-0.05, 0) is 25.5 Å². The van der Waals surface area contributed by atoms with Crippen LogP contribution in [0.5, 0.6) is 0 Å². The van der Waals surface area contributed by atoms with Gasteiger partial charge in [-0.25, -0.2) is 4.39 Å². The van der Waals surface area contributed by atoms with E-state index in [1.807, 2.05) is 0 Å². The van der Waals surface area contributed by atoms with Crippen LogP contribution in [0.1, 0.15) is 29.3 Å². The average molecular weight is 279 g/mol. The van der Waals surface area contributed by atoms with Gasteiger partial charge in [-0.2, -0.15) is 13.2 Å². The first-order valence-corrected chi connectivity index (χ1v) is 5.55. The molecule has 0 fully saturated rings. The normalized spacial score (nSPS) is 13.2. The van der Waals surface area contributed by atoms with Crippen LogP contribution in [0.4, 0.5) is 17.6 Å². The van der Waals surface area contributed by atoms with Crippen LogP contribution >= 0.6 is 0 Å². The molecule has 0 saturated carbocycles. The summed E-state index contributed by atoms with van der Waals surface area (Å²) in [6.07, 6.45) is -5.28. The number of rotatable bonds is 4. The van der Waals surface area contributed by atoms with Crippen molar-refractivity contribution >= 4 is 5.91 Å². The Bertz CT molecular complexity index is 458. The third kappa shape index (κ3) is 4.20. The quantitative estimate of drug-likeness (QED) is 0.831. The molecule has 0 spiro atoms. The molecule has 0 bridgehead atoms. The molecule has 7 heteroatoms. The maximum atomic E-state index is 13.6. The van der Waals surface area contributed by atoms with Gasteiger partial charge < -0.3 is 10.4 Å². The number of benzene rings is 1. The molecule has 0 aliphatic rings. The SMILES string of the molecule is CC(O)CCNC(=O)c1cccc(C(F)(F)F)c1F. The smallest absolute Gasteiger partial charge is 0.393 e. The number of carbonyl (C=O) groups is 1. The summed E-state index contributed by atoms with van der Waals surface area (Å²) in [7, 11) is 0. The minimum atomic E-state index is -4.85. The number of halogens is 4. The highest BCUT2D eigenvalue weighted by atomic mass is 19.4. The Morgan fingerprint density at radius 2 is 2.05 bits per heavy atom. The van der Waals surface area contributed by atoms with Crippen molar-refractivity contribution in [1.29, 1.82) is 0 Å². The van der Waals surface area contributed by atoms with Gasteiger partial charge in [0.1, 0.15) is 5.82 Å². The van der Waals surface area contributed by atoms with Crippen LogP contribution in [0.3, 0.4) is 0 Å². The molecular weight excluding hydrogens is 266 g/mol. The zero-order valence-electron chi connectivity index (χ0n) is 10.1. The first-order chi connectivity index (χ1) is 8.73. The lowest BCUT2D eigenvalue weighted by atomic mass is 10.1. The van der Waals surface area contributed by atoms with E-state index in [0.717, 1.165) is 12.1 Å². The maximum Gasteiger partial charge on any atom is 0.419 e. The molecule has 1 rings (SSSR count). The Labute approximate surface area is 107 Å². The van der Waals surface area contributed by atoms with Gasteiger partial charge in [0.15, 0.2) is 0 Å². The standard InChI is InChI=1S/C12H13F4NO2/c1-7(18)5-6-17-11(19)8-3-2-4-9(10(8)13)12(14,15)16/h2-4,7,18H,5-6H2,1H3,(H,17,19). The zero-order chi connectivity index (χ0) is 14.6. The molecule has 0 aliphatic carbocycles. The minimum Gasteiger partial charge on any atom is -0.393 e. The highest BCUT2D eigenvalue weighted by Crippen LogP contribution is 2.32. The number of hydrogen-bond donors (Lipinski definition) is 2. The van der Waals surface area contributed by atoms with Gasteiger partial charge in [0, 0.05) is 6.54 Å².